The van der Waals surface area contributed by atoms with Crippen molar-refractivity contribution in [3.8, 4) is 17.2 Å². The summed E-state index contributed by atoms with van der Waals surface area (Å²) in [5.74, 6) is -4.29. The maximum absolute atomic E-state index is 15.0. The van der Waals surface area contributed by atoms with Gasteiger partial charge in [0.1, 0.15) is 0 Å². The number of carbonyl (C=O) groups is 4. The maximum Gasteiger partial charge on any atom is 0.490 e. The molecule has 50 heavy (non-hydrogen) atoms. The van der Waals surface area contributed by atoms with Crippen molar-refractivity contribution in [2.75, 3.05) is 24.3 Å². The average molecular weight is 716 g/mol. The largest absolute Gasteiger partial charge is 0.490 e. The topological polar surface area (TPSA) is 162 Å². The van der Waals surface area contributed by atoms with Crippen LogP contribution in [0.4, 0.5) is 33.7 Å². The molecule has 11 nitrogen and oxygen atoms in total. The smallest absolute Gasteiger partial charge is 0.475 e. The lowest BCUT2D eigenvalue weighted by Gasteiger charge is -2.34. The molecule has 2 aliphatic heterocycles. The van der Waals surface area contributed by atoms with E-state index in [-0.39, 0.29) is 40.4 Å². The Morgan fingerprint density at radius 2 is 1.88 bits per heavy atom. The van der Waals surface area contributed by atoms with E-state index in [2.05, 4.69) is 15.6 Å². The summed E-state index contributed by atoms with van der Waals surface area (Å²) in [6.07, 6.45) is -0.580. The zero-order chi connectivity index (χ0) is 36.7. The summed E-state index contributed by atoms with van der Waals surface area (Å²) in [5, 5.41) is 22.2. The number of methoxy groups -OCH3 is 1. The molecule has 0 aliphatic carbocycles. The Morgan fingerprint density at radius 1 is 1.16 bits per heavy atom. The van der Waals surface area contributed by atoms with Crippen molar-refractivity contribution < 1.29 is 46.6 Å². The predicted molar refractivity (Wildman–Crippen MR) is 174 cm³/mol. The van der Waals surface area contributed by atoms with Crippen molar-refractivity contribution >= 4 is 52.4 Å². The Kier molecular flexibility index (Phi) is 11.8. The van der Waals surface area contributed by atoms with Crippen LogP contribution < -0.4 is 10.6 Å². The molecular weight excluding hydrogens is 686 g/mol. The van der Waals surface area contributed by atoms with Crippen LogP contribution in [-0.4, -0.2) is 58.7 Å². The number of anilines is 2. The second kappa shape index (κ2) is 15.8. The monoisotopic (exact) mass is 715 g/mol. The average Bonchev–Trinajstić information content (AvgIpc) is 3.07. The van der Waals surface area contributed by atoms with Crippen LogP contribution in [0, 0.1) is 23.1 Å². The number of halogens is 5. The number of benzene rings is 2. The molecule has 2 bridgehead atoms. The highest BCUT2D eigenvalue weighted by Crippen LogP contribution is 2.38. The van der Waals surface area contributed by atoms with Crippen LogP contribution in [0.5, 0.6) is 0 Å². The lowest BCUT2D eigenvalue weighted by molar-refractivity contribution is -0.192. The predicted octanol–water partition coefficient (Wildman–Crippen LogP) is 7.34. The Bertz CT molecular complexity index is 1890. The van der Waals surface area contributed by atoms with Gasteiger partial charge >= 0.3 is 18.2 Å². The summed E-state index contributed by atoms with van der Waals surface area (Å²) in [6, 6.07) is 13.2. The first-order chi connectivity index (χ1) is 23.6. The first-order valence-corrected chi connectivity index (χ1v) is 15.5. The molecule has 3 N–H and O–H groups in total. The molecule has 0 saturated carbocycles. The molecule has 3 amide bonds. The Labute approximate surface area is 288 Å². The number of hydrogen-bond donors (Lipinski definition) is 3. The van der Waals surface area contributed by atoms with Gasteiger partial charge in [0.2, 0.25) is 11.8 Å². The standard InChI is InChI=1S/C32H29ClFN5O4.C2HF3O2/c1-18-4-3-5-27(39-13-11-20(15-28(39)40)29-21(17-35)6-9-24(33)30(29)34)26-14-19(10-12-36-26)23-8-7-22(37-32(42)43-2)16-25(23)38-31(18)41;3-2(4,5)1(6)7/h6-10,12,14-16,18,27H,3-5,11,13H2,1-2H3,(H,37,42)(H,38,41);(H,6,7)/t18-,27+;/m1./s1. The van der Waals surface area contributed by atoms with Crippen LogP contribution in [0.25, 0.3) is 16.7 Å². The highest BCUT2D eigenvalue weighted by atomic mass is 35.5. The van der Waals surface area contributed by atoms with Gasteiger partial charge in [0, 0.05) is 41.5 Å². The van der Waals surface area contributed by atoms with Crippen LogP contribution in [0.1, 0.15) is 55.5 Å². The molecule has 16 heteroatoms. The summed E-state index contributed by atoms with van der Waals surface area (Å²) >= 11 is 6.00. The number of nitrogens with zero attached hydrogens (tertiary/aromatic N) is 3. The summed E-state index contributed by atoms with van der Waals surface area (Å²) in [5.41, 5.74) is 3.72. The minimum Gasteiger partial charge on any atom is -0.475 e. The molecule has 2 aromatic carbocycles. The van der Waals surface area contributed by atoms with Crippen LogP contribution in [0.3, 0.4) is 0 Å². The molecule has 1 aromatic heterocycles. The Hall–Kier alpha value is -5.49. The first kappa shape index (κ1) is 37.3. The highest BCUT2D eigenvalue weighted by molar-refractivity contribution is 6.31. The number of hydrogen-bond acceptors (Lipinski definition) is 7. The number of amides is 3. The van der Waals surface area contributed by atoms with E-state index in [4.69, 9.17) is 26.2 Å². The van der Waals surface area contributed by atoms with Crippen LogP contribution >= 0.6 is 11.6 Å². The number of aliphatic carboxylic acids is 1. The molecule has 2 aliphatic rings. The second-order valence-electron chi connectivity index (χ2n) is 11.3. The molecule has 3 heterocycles. The number of pyridine rings is 1. The molecule has 0 fully saturated rings. The molecular formula is C34H30ClF4N5O6. The number of carboxylic acid groups (broad SMARTS) is 1. The summed E-state index contributed by atoms with van der Waals surface area (Å²) < 4.78 is 51.4. The molecule has 0 radical (unpaired) electrons. The van der Waals surface area contributed by atoms with Crippen LogP contribution in [-0.2, 0) is 19.1 Å². The van der Waals surface area contributed by atoms with Crippen molar-refractivity contribution in [1.29, 1.82) is 5.26 Å². The highest BCUT2D eigenvalue weighted by Gasteiger charge is 2.38. The number of rotatable bonds is 3. The minimum atomic E-state index is -5.08. The molecule has 0 spiro atoms. The van der Waals surface area contributed by atoms with Gasteiger partial charge in [0.25, 0.3) is 0 Å². The minimum absolute atomic E-state index is 0.0549. The number of ether oxygens (including phenoxy) is 1. The van der Waals surface area contributed by atoms with E-state index in [1.165, 1.54) is 25.3 Å². The van der Waals surface area contributed by atoms with Crippen molar-refractivity contribution in [1.82, 2.24) is 9.88 Å². The zero-order valence-electron chi connectivity index (χ0n) is 26.6. The number of alkyl halides is 3. The second-order valence-corrected chi connectivity index (χ2v) is 11.7. The maximum atomic E-state index is 15.0. The molecule has 0 unspecified atom stereocenters. The van der Waals surface area contributed by atoms with Crippen LogP contribution in [0.15, 0.2) is 54.7 Å². The summed E-state index contributed by atoms with van der Waals surface area (Å²) in [7, 11) is 1.27. The molecule has 262 valence electrons. The summed E-state index contributed by atoms with van der Waals surface area (Å²) in [6.45, 7) is 2.13. The lowest BCUT2D eigenvalue weighted by Crippen LogP contribution is -2.38. The molecule has 0 saturated heterocycles. The van der Waals surface area contributed by atoms with Gasteiger partial charge in [-0.3, -0.25) is 19.9 Å². The van der Waals surface area contributed by atoms with E-state index >= 15 is 0 Å². The van der Waals surface area contributed by atoms with Gasteiger partial charge in [-0.2, -0.15) is 18.4 Å². The fourth-order valence-electron chi connectivity index (χ4n) is 5.53. The van der Waals surface area contributed by atoms with Crippen molar-refractivity contribution in [2.24, 2.45) is 5.92 Å². The molecule has 5 rings (SSSR count). The van der Waals surface area contributed by atoms with Crippen molar-refractivity contribution in [3.63, 3.8) is 0 Å². The number of carbonyl (C=O) groups excluding carboxylic acids is 3. The zero-order valence-corrected chi connectivity index (χ0v) is 27.4. The quantitative estimate of drug-likeness (QED) is 0.237. The summed E-state index contributed by atoms with van der Waals surface area (Å²) in [4.78, 5) is 53.8. The fourth-order valence-corrected chi connectivity index (χ4v) is 5.69. The van der Waals surface area contributed by atoms with Gasteiger partial charge in [0.05, 0.1) is 41.2 Å². The molecule has 3 aromatic rings. The number of nitrogens with one attached hydrogen (secondary N) is 2. The third-order valence-electron chi connectivity index (χ3n) is 8.06. The molecule has 2 atom stereocenters. The van der Waals surface area contributed by atoms with Gasteiger partial charge in [-0.05, 0) is 66.8 Å². The van der Waals surface area contributed by atoms with Crippen molar-refractivity contribution in [3.05, 3.63) is 82.4 Å². The van der Waals surface area contributed by atoms with Gasteiger partial charge < -0.3 is 20.1 Å². The van der Waals surface area contributed by atoms with E-state index in [1.54, 1.807) is 29.3 Å². The Balaban J connectivity index is 0.000000727. The fraction of sp³-hybridized carbons (Fsp3) is 0.294. The van der Waals surface area contributed by atoms with E-state index in [9.17, 15) is 37.2 Å². The van der Waals surface area contributed by atoms with E-state index in [0.29, 0.717) is 53.9 Å². The van der Waals surface area contributed by atoms with Gasteiger partial charge in [0.15, 0.2) is 5.82 Å². The van der Waals surface area contributed by atoms with E-state index in [1.807, 2.05) is 25.1 Å². The van der Waals surface area contributed by atoms with Crippen LogP contribution in [0.2, 0.25) is 5.02 Å². The van der Waals surface area contributed by atoms with E-state index < -0.39 is 30.1 Å². The van der Waals surface area contributed by atoms with Gasteiger partial charge in [-0.25, -0.2) is 14.0 Å². The number of fused-ring (bicyclic) bond motifs is 4. The van der Waals surface area contributed by atoms with Gasteiger partial charge in [-0.15, -0.1) is 0 Å². The number of nitriles is 1. The lowest BCUT2D eigenvalue weighted by atomic mass is 9.91. The van der Waals surface area contributed by atoms with Crippen molar-refractivity contribution in [2.45, 2.75) is 44.8 Å². The van der Waals surface area contributed by atoms with Gasteiger partial charge in [-0.1, -0.05) is 31.0 Å². The SMILES string of the molecule is COC(=O)Nc1ccc2c(c1)NC(=O)[C@H](C)CCC[C@H](N1CCC(c3c(C#N)ccc(Cl)c3F)=CC1=O)c1cc-2ccn1.O=C(O)C(F)(F)F. The number of carboxylic acids is 1. The van der Waals surface area contributed by atoms with E-state index in [0.717, 1.165) is 5.56 Å². The first-order valence-electron chi connectivity index (χ1n) is 15.1. The Morgan fingerprint density at radius 3 is 2.52 bits per heavy atom. The normalized spacial score (nSPS) is 17.6. The third kappa shape index (κ3) is 8.75. The number of aromatic nitrogens is 1. The third-order valence-corrected chi connectivity index (χ3v) is 8.35.